The fraction of sp³-hybridized carbons (Fsp3) is 0.250. The molecule has 1 atom stereocenters. The summed E-state index contributed by atoms with van der Waals surface area (Å²) in [5, 5.41) is 12.1. The SMILES string of the molecule is CC(NCc1ccco1)c1ccc(C#N)s1. The van der Waals surface area contributed by atoms with E-state index in [1.165, 1.54) is 16.2 Å². The summed E-state index contributed by atoms with van der Waals surface area (Å²) in [6.07, 6.45) is 1.67. The molecule has 0 amide bonds. The molecule has 0 radical (unpaired) electrons. The van der Waals surface area contributed by atoms with Crippen LogP contribution in [0.3, 0.4) is 0 Å². The molecule has 0 fully saturated rings. The van der Waals surface area contributed by atoms with Crippen LogP contribution >= 0.6 is 11.3 Å². The Labute approximate surface area is 98.3 Å². The summed E-state index contributed by atoms with van der Waals surface area (Å²) < 4.78 is 5.23. The third-order valence-electron chi connectivity index (χ3n) is 2.33. The molecule has 1 unspecified atom stereocenters. The second-order valence-electron chi connectivity index (χ2n) is 3.50. The van der Waals surface area contributed by atoms with Crippen LogP contribution in [0.1, 0.15) is 28.5 Å². The highest BCUT2D eigenvalue weighted by Gasteiger charge is 2.08. The normalized spacial score (nSPS) is 12.2. The summed E-state index contributed by atoms with van der Waals surface area (Å²) in [6.45, 7) is 2.78. The summed E-state index contributed by atoms with van der Waals surface area (Å²) in [4.78, 5) is 1.92. The molecule has 0 saturated carbocycles. The van der Waals surface area contributed by atoms with Crippen LogP contribution in [-0.2, 0) is 6.54 Å². The van der Waals surface area contributed by atoms with Gasteiger partial charge in [0, 0.05) is 10.9 Å². The molecule has 16 heavy (non-hydrogen) atoms. The van der Waals surface area contributed by atoms with Crippen molar-refractivity contribution in [3.8, 4) is 6.07 Å². The summed E-state index contributed by atoms with van der Waals surface area (Å²) in [6, 6.07) is 10.0. The summed E-state index contributed by atoms with van der Waals surface area (Å²) in [7, 11) is 0. The smallest absolute Gasteiger partial charge is 0.117 e. The van der Waals surface area contributed by atoms with Gasteiger partial charge in [-0.25, -0.2) is 0 Å². The Hall–Kier alpha value is -1.57. The predicted molar refractivity (Wildman–Crippen MR) is 63.0 cm³/mol. The number of thiophene rings is 1. The Kier molecular flexibility index (Phi) is 3.40. The molecule has 0 bridgehead atoms. The maximum Gasteiger partial charge on any atom is 0.117 e. The molecule has 0 aliphatic carbocycles. The van der Waals surface area contributed by atoms with E-state index in [-0.39, 0.29) is 6.04 Å². The Morgan fingerprint density at radius 3 is 3.00 bits per heavy atom. The van der Waals surface area contributed by atoms with E-state index in [2.05, 4.69) is 18.3 Å². The maximum absolute atomic E-state index is 8.74. The number of furan rings is 1. The second kappa shape index (κ2) is 4.97. The van der Waals surface area contributed by atoms with Crippen LogP contribution in [0.15, 0.2) is 34.9 Å². The van der Waals surface area contributed by atoms with Gasteiger partial charge in [-0.05, 0) is 31.2 Å². The first-order valence-electron chi connectivity index (χ1n) is 5.05. The lowest BCUT2D eigenvalue weighted by Crippen LogP contribution is -2.16. The Morgan fingerprint density at radius 2 is 2.38 bits per heavy atom. The quantitative estimate of drug-likeness (QED) is 0.881. The van der Waals surface area contributed by atoms with Gasteiger partial charge in [0.2, 0.25) is 0 Å². The van der Waals surface area contributed by atoms with Gasteiger partial charge in [0.05, 0.1) is 12.8 Å². The molecule has 2 heterocycles. The molecule has 0 spiro atoms. The summed E-state index contributed by atoms with van der Waals surface area (Å²) in [5.41, 5.74) is 0. The molecule has 2 rings (SSSR count). The van der Waals surface area contributed by atoms with Crippen LogP contribution in [0.25, 0.3) is 0 Å². The van der Waals surface area contributed by atoms with Gasteiger partial charge >= 0.3 is 0 Å². The number of nitrogens with zero attached hydrogens (tertiary/aromatic N) is 1. The third-order valence-corrected chi connectivity index (χ3v) is 3.50. The minimum atomic E-state index is 0.234. The van der Waals surface area contributed by atoms with Crippen LogP contribution in [0.4, 0.5) is 0 Å². The lowest BCUT2D eigenvalue weighted by atomic mass is 10.2. The van der Waals surface area contributed by atoms with Crippen molar-refractivity contribution in [1.82, 2.24) is 5.32 Å². The van der Waals surface area contributed by atoms with Crippen molar-refractivity contribution in [1.29, 1.82) is 5.26 Å². The van der Waals surface area contributed by atoms with E-state index in [0.717, 1.165) is 10.6 Å². The maximum atomic E-state index is 8.74. The highest BCUT2D eigenvalue weighted by molar-refractivity contribution is 7.12. The van der Waals surface area contributed by atoms with Gasteiger partial charge in [-0.1, -0.05) is 0 Å². The molecule has 4 heteroatoms. The molecule has 1 N–H and O–H groups in total. The number of nitrogens with one attached hydrogen (secondary N) is 1. The highest BCUT2D eigenvalue weighted by Crippen LogP contribution is 2.22. The molecule has 3 nitrogen and oxygen atoms in total. The average molecular weight is 232 g/mol. The fourth-order valence-electron chi connectivity index (χ4n) is 1.41. The average Bonchev–Trinajstić information content (AvgIpc) is 2.96. The molecular weight excluding hydrogens is 220 g/mol. The van der Waals surface area contributed by atoms with Crippen LogP contribution in [0, 0.1) is 11.3 Å². The first-order chi connectivity index (χ1) is 7.79. The number of rotatable bonds is 4. The van der Waals surface area contributed by atoms with Crippen LogP contribution in [0.2, 0.25) is 0 Å². The van der Waals surface area contributed by atoms with E-state index in [0.29, 0.717) is 6.54 Å². The lowest BCUT2D eigenvalue weighted by Gasteiger charge is -2.10. The zero-order valence-corrected chi connectivity index (χ0v) is 9.75. The summed E-state index contributed by atoms with van der Waals surface area (Å²) in [5.74, 6) is 0.920. The second-order valence-corrected chi connectivity index (χ2v) is 4.61. The Balaban J connectivity index is 1.93. The Morgan fingerprint density at radius 1 is 1.50 bits per heavy atom. The van der Waals surface area contributed by atoms with Gasteiger partial charge < -0.3 is 9.73 Å². The van der Waals surface area contributed by atoms with Gasteiger partial charge in [0.25, 0.3) is 0 Å². The molecule has 0 saturated heterocycles. The van der Waals surface area contributed by atoms with E-state index in [1.807, 2.05) is 24.3 Å². The van der Waals surface area contributed by atoms with Crippen LogP contribution < -0.4 is 5.32 Å². The fourth-order valence-corrected chi connectivity index (χ4v) is 2.24. The van der Waals surface area contributed by atoms with E-state index < -0.39 is 0 Å². The third kappa shape index (κ3) is 2.51. The van der Waals surface area contributed by atoms with Gasteiger partial charge in [-0.2, -0.15) is 5.26 Å². The molecule has 0 aliphatic heterocycles. The van der Waals surface area contributed by atoms with Crippen molar-refractivity contribution in [2.24, 2.45) is 0 Å². The molecule has 0 aliphatic rings. The standard InChI is InChI=1S/C12H12N2OS/c1-9(12-5-4-11(7-13)16-12)14-8-10-3-2-6-15-10/h2-6,9,14H,8H2,1H3. The zero-order valence-electron chi connectivity index (χ0n) is 8.93. The van der Waals surface area contributed by atoms with Crippen molar-refractivity contribution < 1.29 is 4.42 Å². The molecule has 2 aromatic heterocycles. The minimum absolute atomic E-state index is 0.234. The Bertz CT molecular complexity index is 481. The van der Waals surface area contributed by atoms with Crippen molar-refractivity contribution in [2.75, 3.05) is 0 Å². The molecule has 2 aromatic rings. The zero-order chi connectivity index (χ0) is 11.4. The van der Waals surface area contributed by atoms with Crippen molar-refractivity contribution in [2.45, 2.75) is 19.5 Å². The lowest BCUT2D eigenvalue weighted by molar-refractivity contribution is 0.462. The number of hydrogen-bond acceptors (Lipinski definition) is 4. The van der Waals surface area contributed by atoms with E-state index in [4.69, 9.17) is 9.68 Å². The van der Waals surface area contributed by atoms with Gasteiger partial charge in [-0.3, -0.25) is 0 Å². The van der Waals surface area contributed by atoms with E-state index in [9.17, 15) is 0 Å². The predicted octanol–water partition coefficient (Wildman–Crippen LogP) is 3.06. The van der Waals surface area contributed by atoms with E-state index >= 15 is 0 Å². The first kappa shape index (κ1) is 10.9. The largest absolute Gasteiger partial charge is 0.468 e. The van der Waals surface area contributed by atoms with Crippen LogP contribution in [-0.4, -0.2) is 0 Å². The highest BCUT2D eigenvalue weighted by atomic mass is 32.1. The van der Waals surface area contributed by atoms with Crippen LogP contribution in [0.5, 0.6) is 0 Å². The molecular formula is C12H12N2OS. The molecule has 82 valence electrons. The van der Waals surface area contributed by atoms with E-state index in [1.54, 1.807) is 6.26 Å². The molecule has 0 aromatic carbocycles. The number of nitriles is 1. The first-order valence-corrected chi connectivity index (χ1v) is 5.87. The monoisotopic (exact) mass is 232 g/mol. The topological polar surface area (TPSA) is 49.0 Å². The van der Waals surface area contributed by atoms with Crippen molar-refractivity contribution >= 4 is 11.3 Å². The number of hydrogen-bond donors (Lipinski definition) is 1. The summed E-state index contributed by atoms with van der Waals surface area (Å²) >= 11 is 1.52. The van der Waals surface area contributed by atoms with Gasteiger partial charge in [-0.15, -0.1) is 11.3 Å². The van der Waals surface area contributed by atoms with Gasteiger partial charge in [0.15, 0.2) is 0 Å². The van der Waals surface area contributed by atoms with Gasteiger partial charge in [0.1, 0.15) is 16.7 Å². The minimum Gasteiger partial charge on any atom is -0.468 e. The van der Waals surface area contributed by atoms with Crippen molar-refractivity contribution in [3.63, 3.8) is 0 Å². The van der Waals surface area contributed by atoms with Crippen molar-refractivity contribution in [3.05, 3.63) is 46.0 Å².